The summed E-state index contributed by atoms with van der Waals surface area (Å²) in [5.74, 6) is 1.92. The molecule has 0 aliphatic carbocycles. The molecule has 120 valence electrons. The summed E-state index contributed by atoms with van der Waals surface area (Å²) >= 11 is 0. The van der Waals surface area contributed by atoms with Crippen LogP contribution >= 0.6 is 0 Å². The van der Waals surface area contributed by atoms with Crippen molar-refractivity contribution in [2.24, 2.45) is 0 Å². The van der Waals surface area contributed by atoms with E-state index < -0.39 is 0 Å². The number of aromatic nitrogens is 4. The lowest BCUT2D eigenvalue weighted by Crippen LogP contribution is -1.88. The van der Waals surface area contributed by atoms with E-state index in [1.165, 1.54) is 5.56 Å². The molecule has 0 saturated carbocycles. The van der Waals surface area contributed by atoms with E-state index in [1.54, 1.807) is 0 Å². The molecule has 0 radical (unpaired) electrons. The third kappa shape index (κ3) is 4.03. The Morgan fingerprint density at radius 2 is 1.61 bits per heavy atom. The molecule has 1 aromatic carbocycles. The molecule has 23 heavy (non-hydrogen) atoms. The van der Waals surface area contributed by atoms with E-state index in [-0.39, 0.29) is 0 Å². The fraction of sp³-hybridized carbons (Fsp3) is 0.316. The average Bonchev–Trinajstić information content (AvgIpc) is 3.07. The number of aromatic amines is 1. The van der Waals surface area contributed by atoms with Gasteiger partial charge < -0.3 is 0 Å². The van der Waals surface area contributed by atoms with Gasteiger partial charge in [-0.2, -0.15) is 5.10 Å². The zero-order chi connectivity index (χ0) is 16.8. The minimum atomic E-state index is 0.526. The second-order valence-electron chi connectivity index (χ2n) is 5.45. The largest absolute Gasteiger partial charge is 0.257 e. The molecule has 0 fully saturated rings. The molecule has 0 atom stereocenters. The van der Waals surface area contributed by atoms with Crippen LogP contribution in [0.3, 0.4) is 0 Å². The quantitative estimate of drug-likeness (QED) is 0.741. The number of rotatable bonds is 3. The van der Waals surface area contributed by atoms with Crippen LogP contribution in [0.15, 0.2) is 42.5 Å². The molecule has 3 aromatic rings. The van der Waals surface area contributed by atoms with Crippen LogP contribution in [0.5, 0.6) is 0 Å². The van der Waals surface area contributed by atoms with E-state index >= 15 is 0 Å². The van der Waals surface area contributed by atoms with Crippen LogP contribution in [-0.4, -0.2) is 20.2 Å². The molecule has 4 nitrogen and oxygen atoms in total. The van der Waals surface area contributed by atoms with Crippen LogP contribution < -0.4 is 0 Å². The second-order valence-corrected chi connectivity index (χ2v) is 5.45. The molecule has 2 heterocycles. The summed E-state index contributed by atoms with van der Waals surface area (Å²) in [4.78, 5) is 8.99. The topological polar surface area (TPSA) is 54.5 Å². The van der Waals surface area contributed by atoms with Gasteiger partial charge in [0.15, 0.2) is 11.6 Å². The lowest BCUT2D eigenvalue weighted by atomic mass is 10.0. The Kier molecular flexibility index (Phi) is 5.63. The predicted octanol–water partition coefficient (Wildman–Crippen LogP) is 4.99. The average molecular weight is 308 g/mol. The van der Waals surface area contributed by atoms with Crippen molar-refractivity contribution in [3.8, 4) is 22.9 Å². The fourth-order valence-corrected chi connectivity index (χ4v) is 2.20. The van der Waals surface area contributed by atoms with Crippen LogP contribution in [0, 0.1) is 6.92 Å². The molecule has 0 aliphatic heterocycles. The van der Waals surface area contributed by atoms with E-state index in [2.05, 4.69) is 58.3 Å². The maximum atomic E-state index is 4.54. The fourth-order valence-electron chi connectivity index (χ4n) is 2.20. The van der Waals surface area contributed by atoms with E-state index in [0.29, 0.717) is 17.6 Å². The molecule has 0 aliphatic rings. The predicted molar refractivity (Wildman–Crippen MR) is 95.2 cm³/mol. The maximum Gasteiger partial charge on any atom is 0.181 e. The second kappa shape index (κ2) is 7.68. The van der Waals surface area contributed by atoms with Crippen molar-refractivity contribution in [1.29, 1.82) is 0 Å². The maximum absolute atomic E-state index is 4.54. The van der Waals surface area contributed by atoms with Gasteiger partial charge in [0, 0.05) is 11.3 Å². The van der Waals surface area contributed by atoms with E-state index in [1.807, 2.05) is 39.0 Å². The SMILES string of the molecule is CC.Cc1cccc(-c2nc(-c3ccc(C(C)C)cc3)n[nH]2)n1. The number of nitrogens with one attached hydrogen (secondary N) is 1. The van der Waals surface area contributed by atoms with Gasteiger partial charge in [0.2, 0.25) is 0 Å². The van der Waals surface area contributed by atoms with Crippen LogP contribution in [0.25, 0.3) is 22.9 Å². The summed E-state index contributed by atoms with van der Waals surface area (Å²) in [6.07, 6.45) is 0. The molecular formula is C19H24N4. The molecule has 3 rings (SSSR count). The zero-order valence-electron chi connectivity index (χ0n) is 14.5. The number of aryl methyl sites for hydroxylation is 1. The Morgan fingerprint density at radius 1 is 0.913 bits per heavy atom. The van der Waals surface area contributed by atoms with Gasteiger partial charge in [-0.15, -0.1) is 0 Å². The minimum absolute atomic E-state index is 0.526. The van der Waals surface area contributed by atoms with Crippen LogP contribution in [-0.2, 0) is 0 Å². The van der Waals surface area contributed by atoms with Crippen LogP contribution in [0.1, 0.15) is 44.9 Å². The number of hydrogen-bond acceptors (Lipinski definition) is 3. The molecule has 2 aromatic heterocycles. The van der Waals surface area contributed by atoms with Gasteiger partial charge in [-0.25, -0.2) is 9.97 Å². The summed E-state index contributed by atoms with van der Waals surface area (Å²) in [7, 11) is 0. The normalized spacial score (nSPS) is 10.3. The first-order chi connectivity index (χ1) is 11.1. The molecule has 0 bridgehead atoms. The third-order valence-electron chi connectivity index (χ3n) is 3.45. The van der Waals surface area contributed by atoms with Crippen molar-refractivity contribution in [1.82, 2.24) is 20.2 Å². The van der Waals surface area contributed by atoms with Crippen molar-refractivity contribution >= 4 is 0 Å². The number of hydrogen-bond donors (Lipinski definition) is 1. The minimum Gasteiger partial charge on any atom is -0.257 e. The van der Waals surface area contributed by atoms with Crippen LogP contribution in [0.4, 0.5) is 0 Å². The van der Waals surface area contributed by atoms with Gasteiger partial charge >= 0.3 is 0 Å². The number of pyridine rings is 1. The summed E-state index contributed by atoms with van der Waals surface area (Å²) in [6.45, 7) is 10.3. The van der Waals surface area contributed by atoms with E-state index in [0.717, 1.165) is 17.0 Å². The highest BCUT2D eigenvalue weighted by Crippen LogP contribution is 2.21. The van der Waals surface area contributed by atoms with Crippen molar-refractivity contribution in [3.63, 3.8) is 0 Å². The molecule has 1 N–H and O–H groups in total. The Bertz CT molecular complexity index is 742. The summed E-state index contributed by atoms with van der Waals surface area (Å²) in [5.41, 5.74) is 4.10. The highest BCUT2D eigenvalue weighted by Gasteiger charge is 2.09. The van der Waals surface area contributed by atoms with Crippen LogP contribution in [0.2, 0.25) is 0 Å². The Balaban J connectivity index is 0.000000924. The first kappa shape index (κ1) is 16.9. The van der Waals surface area contributed by atoms with Gasteiger partial charge in [0.1, 0.15) is 5.69 Å². The highest BCUT2D eigenvalue weighted by atomic mass is 15.2. The lowest BCUT2D eigenvalue weighted by Gasteiger charge is -2.04. The highest BCUT2D eigenvalue weighted by molar-refractivity contribution is 5.59. The van der Waals surface area contributed by atoms with Gasteiger partial charge in [-0.1, -0.05) is 58.0 Å². The number of nitrogens with zero attached hydrogens (tertiary/aromatic N) is 3. The lowest BCUT2D eigenvalue weighted by molar-refractivity contribution is 0.867. The van der Waals surface area contributed by atoms with Gasteiger partial charge in [0.05, 0.1) is 0 Å². The summed E-state index contributed by atoms with van der Waals surface area (Å²) < 4.78 is 0. The molecule has 0 saturated heterocycles. The van der Waals surface area contributed by atoms with Crippen molar-refractivity contribution in [3.05, 3.63) is 53.7 Å². The smallest absolute Gasteiger partial charge is 0.181 e. The summed E-state index contributed by atoms with van der Waals surface area (Å²) in [6, 6.07) is 14.2. The summed E-state index contributed by atoms with van der Waals surface area (Å²) in [5, 5.41) is 7.25. The molecule has 0 unspecified atom stereocenters. The molecular weight excluding hydrogens is 284 g/mol. The first-order valence-electron chi connectivity index (χ1n) is 8.10. The Morgan fingerprint density at radius 3 is 2.22 bits per heavy atom. The monoisotopic (exact) mass is 308 g/mol. The van der Waals surface area contributed by atoms with Crippen molar-refractivity contribution in [2.45, 2.75) is 40.5 Å². The van der Waals surface area contributed by atoms with E-state index in [4.69, 9.17) is 0 Å². The van der Waals surface area contributed by atoms with Gasteiger partial charge in [-0.3, -0.25) is 5.10 Å². The first-order valence-corrected chi connectivity index (χ1v) is 8.10. The van der Waals surface area contributed by atoms with Gasteiger partial charge in [0.25, 0.3) is 0 Å². The van der Waals surface area contributed by atoms with Crippen molar-refractivity contribution in [2.75, 3.05) is 0 Å². The number of benzene rings is 1. The standard InChI is InChI=1S/C17H18N4.C2H6/c1-11(2)13-7-9-14(10-8-13)16-19-17(21-20-16)15-6-4-5-12(3)18-15;1-2/h4-11H,1-3H3,(H,19,20,21);1-2H3. The van der Waals surface area contributed by atoms with Gasteiger partial charge in [-0.05, 0) is 30.5 Å². The van der Waals surface area contributed by atoms with Crippen molar-refractivity contribution < 1.29 is 0 Å². The van der Waals surface area contributed by atoms with E-state index in [9.17, 15) is 0 Å². The zero-order valence-corrected chi connectivity index (χ0v) is 14.5. The molecule has 0 amide bonds. The third-order valence-corrected chi connectivity index (χ3v) is 3.45. The molecule has 4 heteroatoms. The number of H-pyrrole nitrogens is 1. The Hall–Kier alpha value is -2.49. The Labute approximate surface area is 138 Å². The molecule has 0 spiro atoms.